The Kier molecular flexibility index (Phi) is 6.83. The molecule has 0 aromatic carbocycles. The number of esters is 1. The summed E-state index contributed by atoms with van der Waals surface area (Å²) in [4.78, 5) is 12.5. The molecule has 2 aliphatic rings. The molecule has 0 saturated heterocycles. The van der Waals surface area contributed by atoms with E-state index in [-0.39, 0.29) is 5.97 Å². The molecule has 21 heavy (non-hydrogen) atoms. The van der Waals surface area contributed by atoms with Gasteiger partial charge in [-0.3, -0.25) is 10.1 Å². The minimum Gasteiger partial charge on any atom is -0.465 e. The molecule has 0 amide bonds. The van der Waals surface area contributed by atoms with Crippen molar-refractivity contribution in [2.45, 2.75) is 68.7 Å². The highest BCUT2D eigenvalue weighted by Gasteiger charge is 2.46. The van der Waals surface area contributed by atoms with E-state index in [9.17, 15) is 4.79 Å². The second-order valence-electron chi connectivity index (χ2n) is 6.16. The van der Waals surface area contributed by atoms with Gasteiger partial charge in [-0.2, -0.15) is 11.8 Å². The molecule has 5 heteroatoms. The molecule has 0 bridgehead atoms. The van der Waals surface area contributed by atoms with Crippen molar-refractivity contribution < 1.29 is 14.3 Å². The Bertz CT molecular complexity index is 335. The van der Waals surface area contributed by atoms with Crippen LogP contribution in [0.5, 0.6) is 0 Å². The predicted octanol–water partition coefficient (Wildman–Crippen LogP) is 2.75. The largest absolute Gasteiger partial charge is 0.465 e. The highest BCUT2D eigenvalue weighted by atomic mass is 32.2. The van der Waals surface area contributed by atoms with Gasteiger partial charge in [0.25, 0.3) is 0 Å². The van der Waals surface area contributed by atoms with E-state index in [4.69, 9.17) is 9.47 Å². The van der Waals surface area contributed by atoms with Crippen LogP contribution in [0.15, 0.2) is 0 Å². The lowest BCUT2D eigenvalue weighted by molar-refractivity contribution is -0.152. The molecule has 0 aliphatic heterocycles. The van der Waals surface area contributed by atoms with Crippen molar-refractivity contribution in [3.63, 3.8) is 0 Å². The predicted molar refractivity (Wildman–Crippen MR) is 86.7 cm³/mol. The van der Waals surface area contributed by atoms with Gasteiger partial charge in [0, 0.05) is 25.0 Å². The van der Waals surface area contributed by atoms with Crippen molar-refractivity contribution in [3.8, 4) is 0 Å². The first kappa shape index (κ1) is 17.1. The smallest absolute Gasteiger partial charge is 0.326 e. The normalized spacial score (nSPS) is 29.3. The van der Waals surface area contributed by atoms with Crippen molar-refractivity contribution in [2.75, 3.05) is 26.1 Å². The lowest BCUT2D eigenvalue weighted by atomic mass is 9.81. The van der Waals surface area contributed by atoms with E-state index in [1.165, 1.54) is 19.3 Å². The fourth-order valence-corrected chi connectivity index (χ4v) is 4.44. The van der Waals surface area contributed by atoms with Gasteiger partial charge in [-0.25, -0.2) is 0 Å². The van der Waals surface area contributed by atoms with Crippen LogP contribution in [0.3, 0.4) is 0 Å². The summed E-state index contributed by atoms with van der Waals surface area (Å²) < 4.78 is 10.5. The van der Waals surface area contributed by atoms with Gasteiger partial charge in [0.1, 0.15) is 5.54 Å². The number of hydrogen-bond acceptors (Lipinski definition) is 5. The van der Waals surface area contributed by atoms with Gasteiger partial charge in [0.2, 0.25) is 0 Å². The topological polar surface area (TPSA) is 47.6 Å². The Balaban J connectivity index is 1.90. The molecule has 2 fully saturated rings. The van der Waals surface area contributed by atoms with E-state index in [1.54, 1.807) is 7.11 Å². The van der Waals surface area contributed by atoms with Crippen molar-refractivity contribution in [1.82, 2.24) is 5.32 Å². The fourth-order valence-electron chi connectivity index (χ4n) is 3.08. The van der Waals surface area contributed by atoms with Crippen molar-refractivity contribution in [3.05, 3.63) is 0 Å². The van der Waals surface area contributed by atoms with Crippen LogP contribution in [0, 0.1) is 0 Å². The number of thioether (sulfide) groups is 1. The van der Waals surface area contributed by atoms with Gasteiger partial charge >= 0.3 is 5.97 Å². The third-order valence-electron chi connectivity index (χ3n) is 4.28. The average molecular weight is 315 g/mol. The van der Waals surface area contributed by atoms with Gasteiger partial charge in [-0.1, -0.05) is 0 Å². The zero-order valence-electron chi connectivity index (χ0n) is 13.4. The second kappa shape index (κ2) is 8.39. The van der Waals surface area contributed by atoms with Gasteiger partial charge in [-0.15, -0.1) is 0 Å². The number of carbonyl (C=O) groups is 1. The van der Waals surface area contributed by atoms with Gasteiger partial charge in [0.05, 0.1) is 6.61 Å². The molecule has 0 aromatic rings. The van der Waals surface area contributed by atoms with Crippen molar-refractivity contribution in [2.24, 2.45) is 0 Å². The van der Waals surface area contributed by atoms with E-state index in [1.807, 2.05) is 18.7 Å². The number of hydrogen-bond donors (Lipinski definition) is 1. The molecule has 2 rings (SSSR count). The standard InChI is InChI=1S/C16H29NO3S/c1-3-20-15(18)16(17-13-7-8-13)9-4-6-14(12-16)21-11-5-10-19-2/h13-14,17H,3-12H2,1-2H3. The van der Waals surface area contributed by atoms with E-state index < -0.39 is 5.54 Å². The Morgan fingerprint density at radius 1 is 1.38 bits per heavy atom. The summed E-state index contributed by atoms with van der Waals surface area (Å²) in [5.41, 5.74) is -0.422. The molecule has 1 N–H and O–H groups in total. The van der Waals surface area contributed by atoms with Crippen molar-refractivity contribution >= 4 is 17.7 Å². The van der Waals surface area contributed by atoms with Crippen LogP contribution in [0.25, 0.3) is 0 Å². The highest BCUT2D eigenvalue weighted by molar-refractivity contribution is 7.99. The maximum atomic E-state index is 12.5. The monoisotopic (exact) mass is 315 g/mol. The minimum absolute atomic E-state index is 0.0286. The molecule has 2 saturated carbocycles. The first-order chi connectivity index (χ1) is 10.2. The molecule has 2 atom stereocenters. The molecule has 0 radical (unpaired) electrons. The zero-order valence-corrected chi connectivity index (χ0v) is 14.2. The molecule has 2 aliphatic carbocycles. The lowest BCUT2D eigenvalue weighted by Gasteiger charge is -2.39. The summed E-state index contributed by atoms with van der Waals surface area (Å²) in [6.45, 7) is 3.18. The van der Waals surface area contributed by atoms with Crippen LogP contribution in [0.1, 0.15) is 51.9 Å². The first-order valence-electron chi connectivity index (χ1n) is 8.25. The van der Waals surface area contributed by atoms with Gasteiger partial charge in [-0.05, 0) is 57.6 Å². The Morgan fingerprint density at radius 2 is 2.19 bits per heavy atom. The van der Waals surface area contributed by atoms with E-state index in [2.05, 4.69) is 5.32 Å². The summed E-state index contributed by atoms with van der Waals surface area (Å²) in [6, 6.07) is 0.534. The van der Waals surface area contributed by atoms with E-state index in [0.29, 0.717) is 17.9 Å². The summed E-state index contributed by atoms with van der Waals surface area (Å²) >= 11 is 1.99. The summed E-state index contributed by atoms with van der Waals surface area (Å²) in [5.74, 6) is 1.08. The van der Waals surface area contributed by atoms with Gasteiger partial charge in [0.15, 0.2) is 0 Å². The van der Waals surface area contributed by atoms with Crippen LogP contribution >= 0.6 is 11.8 Å². The summed E-state index contributed by atoms with van der Waals surface area (Å²) in [5, 5.41) is 4.17. The Morgan fingerprint density at radius 3 is 2.86 bits per heavy atom. The maximum absolute atomic E-state index is 12.5. The Labute approximate surface area is 132 Å². The quantitative estimate of drug-likeness (QED) is 0.524. The first-order valence-corrected chi connectivity index (χ1v) is 9.30. The molecule has 122 valence electrons. The number of ether oxygens (including phenoxy) is 2. The molecule has 4 nitrogen and oxygen atoms in total. The third kappa shape index (κ3) is 5.15. The SMILES string of the molecule is CCOC(=O)C1(NC2CC2)CCCC(SCCCOC)C1. The van der Waals surface area contributed by atoms with E-state index in [0.717, 1.165) is 38.0 Å². The summed E-state index contributed by atoms with van der Waals surface area (Å²) in [6.07, 6.45) is 7.66. The van der Waals surface area contributed by atoms with Crippen LogP contribution in [-0.4, -0.2) is 48.9 Å². The summed E-state index contributed by atoms with van der Waals surface area (Å²) in [7, 11) is 1.75. The second-order valence-corrected chi connectivity index (χ2v) is 7.56. The number of methoxy groups -OCH3 is 1. The number of rotatable bonds is 9. The van der Waals surface area contributed by atoms with Crippen molar-refractivity contribution in [1.29, 1.82) is 0 Å². The highest BCUT2D eigenvalue weighted by Crippen LogP contribution is 2.38. The van der Waals surface area contributed by atoms with Crippen LogP contribution in [0.4, 0.5) is 0 Å². The molecular weight excluding hydrogens is 286 g/mol. The average Bonchev–Trinajstić information content (AvgIpc) is 3.28. The Hall–Kier alpha value is -0.260. The molecular formula is C16H29NO3S. The zero-order chi connectivity index (χ0) is 15.1. The van der Waals surface area contributed by atoms with Crippen LogP contribution in [-0.2, 0) is 14.3 Å². The number of carbonyl (C=O) groups excluding carboxylic acids is 1. The third-order valence-corrected chi connectivity index (χ3v) is 5.67. The lowest BCUT2D eigenvalue weighted by Crippen LogP contribution is -2.57. The van der Waals surface area contributed by atoms with Crippen LogP contribution in [0.2, 0.25) is 0 Å². The maximum Gasteiger partial charge on any atom is 0.326 e. The van der Waals surface area contributed by atoms with Crippen LogP contribution < -0.4 is 5.32 Å². The fraction of sp³-hybridized carbons (Fsp3) is 0.938. The minimum atomic E-state index is -0.422. The van der Waals surface area contributed by atoms with E-state index >= 15 is 0 Å². The molecule has 0 heterocycles. The van der Waals surface area contributed by atoms with Gasteiger partial charge < -0.3 is 9.47 Å². The molecule has 2 unspecified atom stereocenters. The molecule has 0 aromatic heterocycles. The number of nitrogens with one attached hydrogen (secondary N) is 1. The molecule has 0 spiro atoms.